The summed E-state index contributed by atoms with van der Waals surface area (Å²) in [5.74, 6) is 0. The fourth-order valence-corrected chi connectivity index (χ4v) is 4.77. The van der Waals surface area contributed by atoms with Gasteiger partial charge in [0.2, 0.25) is 10.0 Å². The number of pyridine rings is 1. The molecule has 5 nitrogen and oxygen atoms in total. The lowest BCUT2D eigenvalue weighted by atomic mass is 10.2. The highest BCUT2D eigenvalue weighted by Gasteiger charge is 2.27. The molecule has 7 heteroatoms. The number of benzene rings is 1. The van der Waals surface area contributed by atoms with E-state index in [9.17, 15) is 8.42 Å². The van der Waals surface area contributed by atoms with E-state index in [2.05, 4.69) is 10.3 Å². The zero-order valence-corrected chi connectivity index (χ0v) is 14.9. The molecular formula is C17H20ClN3O2S. The first kappa shape index (κ1) is 17.2. The van der Waals surface area contributed by atoms with E-state index in [1.54, 1.807) is 34.8 Å². The summed E-state index contributed by atoms with van der Waals surface area (Å²) in [5.41, 5.74) is 1.55. The maximum absolute atomic E-state index is 12.9. The topological polar surface area (TPSA) is 62.3 Å². The standard InChI is InChI=1S/C17H20ClN3O2S/c18-17-12-15(8-9-19-17)20-13-14-6-2-3-7-16(14)24(22,23)21-10-4-1-5-11-21/h2-3,6-9,12H,1,4-5,10-11,13H2,(H,19,20). The quantitative estimate of drug-likeness (QED) is 0.823. The molecule has 0 spiro atoms. The van der Waals surface area contributed by atoms with Gasteiger partial charge in [-0.1, -0.05) is 36.2 Å². The molecule has 3 rings (SSSR count). The van der Waals surface area contributed by atoms with Crippen molar-refractivity contribution in [1.82, 2.24) is 9.29 Å². The Bertz CT molecular complexity index is 805. The first-order valence-electron chi connectivity index (χ1n) is 8.01. The van der Waals surface area contributed by atoms with Crippen molar-refractivity contribution in [2.75, 3.05) is 18.4 Å². The van der Waals surface area contributed by atoms with Crippen molar-refractivity contribution in [2.24, 2.45) is 0 Å². The lowest BCUT2D eigenvalue weighted by Gasteiger charge is -2.27. The summed E-state index contributed by atoms with van der Waals surface area (Å²) in [6.07, 6.45) is 4.56. The summed E-state index contributed by atoms with van der Waals surface area (Å²) in [6, 6.07) is 10.7. The Kier molecular flexibility index (Phi) is 5.38. The Hall–Kier alpha value is -1.63. The van der Waals surface area contributed by atoms with Crippen LogP contribution in [0, 0.1) is 0 Å². The van der Waals surface area contributed by atoms with Crippen LogP contribution in [0.5, 0.6) is 0 Å². The number of sulfonamides is 1. The number of halogens is 1. The van der Waals surface area contributed by atoms with Gasteiger partial charge < -0.3 is 5.32 Å². The van der Waals surface area contributed by atoms with Gasteiger partial charge in [-0.15, -0.1) is 0 Å². The van der Waals surface area contributed by atoms with Crippen LogP contribution < -0.4 is 5.32 Å². The minimum atomic E-state index is -3.45. The number of anilines is 1. The molecule has 128 valence electrons. The average molecular weight is 366 g/mol. The molecule has 1 aliphatic heterocycles. The minimum absolute atomic E-state index is 0.375. The number of piperidine rings is 1. The molecule has 0 amide bonds. The molecule has 1 aliphatic rings. The van der Waals surface area contributed by atoms with Gasteiger partial charge in [-0.2, -0.15) is 4.31 Å². The molecule has 2 aromatic rings. The van der Waals surface area contributed by atoms with Crippen LogP contribution in [-0.4, -0.2) is 30.8 Å². The molecule has 0 radical (unpaired) electrons. The van der Waals surface area contributed by atoms with Crippen molar-refractivity contribution in [2.45, 2.75) is 30.7 Å². The molecule has 0 atom stereocenters. The van der Waals surface area contributed by atoms with Crippen LogP contribution in [0.4, 0.5) is 5.69 Å². The second-order valence-corrected chi connectivity index (χ2v) is 8.09. The highest BCUT2D eigenvalue weighted by atomic mass is 35.5. The summed E-state index contributed by atoms with van der Waals surface area (Å²) in [7, 11) is -3.45. The Balaban J connectivity index is 1.82. The average Bonchev–Trinajstić information content (AvgIpc) is 2.61. The van der Waals surface area contributed by atoms with Crippen LogP contribution in [0.25, 0.3) is 0 Å². The van der Waals surface area contributed by atoms with Crippen LogP contribution in [-0.2, 0) is 16.6 Å². The molecule has 24 heavy (non-hydrogen) atoms. The maximum Gasteiger partial charge on any atom is 0.243 e. The lowest BCUT2D eigenvalue weighted by Crippen LogP contribution is -2.36. The predicted molar refractivity (Wildman–Crippen MR) is 95.6 cm³/mol. The third-order valence-corrected chi connectivity index (χ3v) is 6.32. The molecule has 0 saturated carbocycles. The van der Waals surface area contributed by atoms with Gasteiger partial charge in [-0.25, -0.2) is 13.4 Å². The fraction of sp³-hybridized carbons (Fsp3) is 0.353. The third-order valence-electron chi connectivity index (χ3n) is 4.11. The van der Waals surface area contributed by atoms with Crippen LogP contribution >= 0.6 is 11.6 Å². The van der Waals surface area contributed by atoms with Gasteiger partial charge >= 0.3 is 0 Å². The first-order chi connectivity index (χ1) is 11.6. The van der Waals surface area contributed by atoms with E-state index < -0.39 is 10.0 Å². The van der Waals surface area contributed by atoms with E-state index in [0.29, 0.717) is 29.7 Å². The van der Waals surface area contributed by atoms with Gasteiger partial charge in [0, 0.05) is 31.5 Å². The van der Waals surface area contributed by atoms with Crippen molar-refractivity contribution in [3.8, 4) is 0 Å². The lowest BCUT2D eigenvalue weighted by molar-refractivity contribution is 0.346. The number of nitrogens with one attached hydrogen (secondary N) is 1. The zero-order valence-electron chi connectivity index (χ0n) is 13.3. The molecule has 1 aromatic heterocycles. The molecule has 0 unspecified atom stereocenters. The van der Waals surface area contributed by atoms with Gasteiger partial charge in [0.1, 0.15) is 5.15 Å². The van der Waals surface area contributed by atoms with Crippen LogP contribution in [0.3, 0.4) is 0 Å². The number of hydrogen-bond donors (Lipinski definition) is 1. The molecule has 0 aliphatic carbocycles. The van der Waals surface area contributed by atoms with Crippen molar-refractivity contribution in [3.63, 3.8) is 0 Å². The number of hydrogen-bond acceptors (Lipinski definition) is 4. The van der Waals surface area contributed by atoms with Gasteiger partial charge in [-0.3, -0.25) is 0 Å². The number of aromatic nitrogens is 1. The summed E-state index contributed by atoms with van der Waals surface area (Å²) < 4.78 is 27.5. The van der Waals surface area contributed by atoms with E-state index in [4.69, 9.17) is 11.6 Å². The molecule has 1 saturated heterocycles. The Morgan fingerprint density at radius 1 is 1.12 bits per heavy atom. The monoisotopic (exact) mass is 365 g/mol. The fourth-order valence-electron chi connectivity index (χ4n) is 2.86. The van der Waals surface area contributed by atoms with Crippen molar-refractivity contribution >= 4 is 27.3 Å². The Labute approximate surface area is 147 Å². The maximum atomic E-state index is 12.9. The number of nitrogens with zero attached hydrogens (tertiary/aromatic N) is 2. The second-order valence-electron chi connectivity index (χ2n) is 5.79. The third kappa shape index (κ3) is 3.88. The van der Waals surface area contributed by atoms with Gasteiger partial charge in [0.05, 0.1) is 4.90 Å². The molecule has 0 bridgehead atoms. The van der Waals surface area contributed by atoms with E-state index in [-0.39, 0.29) is 0 Å². The van der Waals surface area contributed by atoms with Gasteiger partial charge in [0.25, 0.3) is 0 Å². The van der Waals surface area contributed by atoms with Crippen LogP contribution in [0.2, 0.25) is 5.15 Å². The van der Waals surface area contributed by atoms with Gasteiger partial charge in [-0.05, 0) is 36.6 Å². The van der Waals surface area contributed by atoms with Crippen molar-refractivity contribution < 1.29 is 8.42 Å². The van der Waals surface area contributed by atoms with E-state index >= 15 is 0 Å². The predicted octanol–water partition coefficient (Wildman–Crippen LogP) is 3.52. The van der Waals surface area contributed by atoms with Gasteiger partial charge in [0.15, 0.2) is 0 Å². The van der Waals surface area contributed by atoms with E-state index in [1.807, 2.05) is 12.1 Å². The minimum Gasteiger partial charge on any atom is -0.381 e. The first-order valence-corrected chi connectivity index (χ1v) is 9.83. The summed E-state index contributed by atoms with van der Waals surface area (Å²) in [5, 5.41) is 3.61. The Morgan fingerprint density at radius 2 is 1.88 bits per heavy atom. The zero-order chi connectivity index (χ0) is 17.0. The van der Waals surface area contributed by atoms with Crippen LogP contribution in [0.15, 0.2) is 47.5 Å². The normalized spacial score (nSPS) is 16.0. The molecular weight excluding hydrogens is 346 g/mol. The van der Waals surface area contributed by atoms with Crippen molar-refractivity contribution in [3.05, 3.63) is 53.3 Å². The van der Waals surface area contributed by atoms with E-state index in [0.717, 1.165) is 30.5 Å². The van der Waals surface area contributed by atoms with Crippen molar-refractivity contribution in [1.29, 1.82) is 0 Å². The molecule has 1 fully saturated rings. The number of rotatable bonds is 5. The molecule has 2 heterocycles. The smallest absolute Gasteiger partial charge is 0.243 e. The highest BCUT2D eigenvalue weighted by molar-refractivity contribution is 7.89. The summed E-state index contributed by atoms with van der Waals surface area (Å²) >= 11 is 5.88. The second kappa shape index (κ2) is 7.51. The van der Waals surface area contributed by atoms with E-state index in [1.165, 1.54) is 0 Å². The summed E-state index contributed by atoms with van der Waals surface area (Å²) in [4.78, 5) is 4.31. The molecule has 1 N–H and O–H groups in total. The summed E-state index contributed by atoms with van der Waals surface area (Å²) in [6.45, 7) is 1.61. The van der Waals surface area contributed by atoms with Crippen LogP contribution in [0.1, 0.15) is 24.8 Å². The SMILES string of the molecule is O=S(=O)(c1ccccc1CNc1ccnc(Cl)c1)N1CCCCC1. The Morgan fingerprint density at radius 3 is 2.62 bits per heavy atom. The highest BCUT2D eigenvalue weighted by Crippen LogP contribution is 2.24. The largest absolute Gasteiger partial charge is 0.381 e. The molecule has 1 aromatic carbocycles.